The lowest BCUT2D eigenvalue weighted by Crippen LogP contribution is -2.41. The maximum Gasteiger partial charge on any atom is 0.311 e. The van der Waals surface area contributed by atoms with Crippen LogP contribution in [0, 0.1) is 5.41 Å². The average molecular weight is 230 g/mol. The van der Waals surface area contributed by atoms with E-state index in [1.54, 1.807) is 6.20 Å². The second kappa shape index (κ2) is 3.58. The van der Waals surface area contributed by atoms with E-state index in [2.05, 4.69) is 5.10 Å². The van der Waals surface area contributed by atoms with Crippen LogP contribution >= 0.6 is 0 Å². The summed E-state index contributed by atoms with van der Waals surface area (Å²) in [4.78, 5) is 11.3. The van der Waals surface area contributed by atoms with Gasteiger partial charge in [-0.1, -0.05) is 24.6 Å². The number of nitrogens with zero attached hydrogens (tertiary/aromatic N) is 2. The number of hydrogen-bond acceptors (Lipinski definition) is 2. The first-order valence-corrected chi connectivity index (χ1v) is 5.85. The molecule has 0 atom stereocenters. The molecule has 1 aromatic carbocycles. The summed E-state index contributed by atoms with van der Waals surface area (Å²) in [6, 6.07) is 7.89. The van der Waals surface area contributed by atoms with Crippen molar-refractivity contribution in [3.63, 3.8) is 0 Å². The SMILES string of the molecule is O=C(O)C1(Cn2ncc3ccccc32)CCC1. The Hall–Kier alpha value is -1.84. The number of benzene rings is 1. The molecule has 1 fully saturated rings. The minimum absolute atomic E-state index is 0.482. The first-order chi connectivity index (χ1) is 8.21. The molecule has 3 rings (SSSR count). The van der Waals surface area contributed by atoms with E-state index in [-0.39, 0.29) is 0 Å². The molecule has 1 aliphatic carbocycles. The number of hydrogen-bond donors (Lipinski definition) is 1. The van der Waals surface area contributed by atoms with Crippen molar-refractivity contribution in [1.82, 2.24) is 9.78 Å². The molecule has 4 heteroatoms. The van der Waals surface area contributed by atoms with Crippen LogP contribution in [0.1, 0.15) is 19.3 Å². The summed E-state index contributed by atoms with van der Waals surface area (Å²) < 4.78 is 1.82. The number of aromatic nitrogens is 2. The summed E-state index contributed by atoms with van der Waals surface area (Å²) in [7, 11) is 0. The summed E-state index contributed by atoms with van der Waals surface area (Å²) in [6.07, 6.45) is 4.32. The minimum atomic E-state index is -0.691. The van der Waals surface area contributed by atoms with Gasteiger partial charge in [0.2, 0.25) is 0 Å². The van der Waals surface area contributed by atoms with E-state index in [0.29, 0.717) is 6.54 Å². The Balaban J connectivity index is 1.97. The van der Waals surface area contributed by atoms with Gasteiger partial charge in [0.1, 0.15) is 0 Å². The predicted molar refractivity (Wildman–Crippen MR) is 63.7 cm³/mol. The highest BCUT2D eigenvalue weighted by atomic mass is 16.4. The second-order valence-corrected chi connectivity index (χ2v) is 4.80. The molecule has 1 aromatic heterocycles. The smallest absolute Gasteiger partial charge is 0.311 e. The molecule has 0 bridgehead atoms. The zero-order valence-electron chi connectivity index (χ0n) is 9.47. The molecule has 0 unspecified atom stereocenters. The third-order valence-corrected chi connectivity index (χ3v) is 3.77. The summed E-state index contributed by atoms with van der Waals surface area (Å²) in [5.74, 6) is -0.691. The molecule has 1 heterocycles. The van der Waals surface area contributed by atoms with Gasteiger partial charge in [-0.2, -0.15) is 5.10 Å². The Labute approximate surface area is 98.9 Å². The van der Waals surface area contributed by atoms with Gasteiger partial charge in [-0.3, -0.25) is 9.48 Å². The zero-order valence-corrected chi connectivity index (χ0v) is 9.47. The highest BCUT2D eigenvalue weighted by Crippen LogP contribution is 2.42. The monoisotopic (exact) mass is 230 g/mol. The maximum atomic E-state index is 11.3. The van der Waals surface area contributed by atoms with Gasteiger partial charge >= 0.3 is 5.97 Å². The van der Waals surface area contributed by atoms with Crippen LogP contribution < -0.4 is 0 Å². The van der Waals surface area contributed by atoms with Crippen molar-refractivity contribution in [2.75, 3.05) is 0 Å². The molecule has 0 radical (unpaired) electrons. The molecule has 88 valence electrons. The lowest BCUT2D eigenvalue weighted by molar-refractivity contribution is -0.155. The molecule has 0 saturated heterocycles. The fraction of sp³-hybridized carbons (Fsp3) is 0.385. The topological polar surface area (TPSA) is 55.1 Å². The van der Waals surface area contributed by atoms with Crippen LogP contribution in [-0.4, -0.2) is 20.9 Å². The van der Waals surface area contributed by atoms with Crippen molar-refractivity contribution < 1.29 is 9.90 Å². The summed E-state index contributed by atoms with van der Waals surface area (Å²) >= 11 is 0. The molecule has 17 heavy (non-hydrogen) atoms. The molecule has 0 spiro atoms. The number of rotatable bonds is 3. The van der Waals surface area contributed by atoms with Crippen molar-refractivity contribution in [2.45, 2.75) is 25.8 Å². The molecular weight excluding hydrogens is 216 g/mol. The van der Waals surface area contributed by atoms with Gasteiger partial charge in [-0.25, -0.2) is 0 Å². The second-order valence-electron chi connectivity index (χ2n) is 4.80. The molecular formula is C13H14N2O2. The van der Waals surface area contributed by atoms with E-state index in [1.165, 1.54) is 0 Å². The van der Waals surface area contributed by atoms with Crippen molar-refractivity contribution in [3.05, 3.63) is 30.5 Å². The molecule has 1 N–H and O–H groups in total. The molecule has 0 aliphatic heterocycles. The van der Waals surface area contributed by atoms with Crippen molar-refractivity contribution >= 4 is 16.9 Å². The Bertz CT molecular complexity index is 570. The van der Waals surface area contributed by atoms with E-state index in [0.717, 1.165) is 30.2 Å². The molecule has 1 aliphatic rings. The number of carbonyl (C=O) groups is 1. The number of para-hydroxylation sites is 1. The van der Waals surface area contributed by atoms with Gasteiger partial charge in [-0.05, 0) is 18.9 Å². The van der Waals surface area contributed by atoms with E-state index >= 15 is 0 Å². The standard InChI is InChI=1S/C13H14N2O2/c16-12(17)13(6-3-7-13)9-15-11-5-2-1-4-10(11)8-14-15/h1-2,4-5,8H,3,6-7,9H2,(H,16,17). The van der Waals surface area contributed by atoms with Crippen LogP contribution in [-0.2, 0) is 11.3 Å². The van der Waals surface area contributed by atoms with E-state index in [4.69, 9.17) is 0 Å². The van der Waals surface area contributed by atoms with Crippen molar-refractivity contribution in [3.8, 4) is 0 Å². The van der Waals surface area contributed by atoms with Crippen LogP contribution in [0.2, 0.25) is 0 Å². The van der Waals surface area contributed by atoms with Crippen LogP contribution in [0.15, 0.2) is 30.5 Å². The van der Waals surface area contributed by atoms with E-state index in [1.807, 2.05) is 28.9 Å². The maximum absolute atomic E-state index is 11.3. The van der Waals surface area contributed by atoms with Crippen LogP contribution in [0.4, 0.5) is 0 Å². The molecule has 4 nitrogen and oxygen atoms in total. The van der Waals surface area contributed by atoms with Gasteiger partial charge in [0.25, 0.3) is 0 Å². The summed E-state index contributed by atoms with van der Waals surface area (Å²) in [5, 5.41) is 14.7. The van der Waals surface area contributed by atoms with Crippen molar-refractivity contribution in [1.29, 1.82) is 0 Å². The van der Waals surface area contributed by atoms with Gasteiger partial charge in [-0.15, -0.1) is 0 Å². The number of fused-ring (bicyclic) bond motifs is 1. The molecule has 0 amide bonds. The Morgan fingerprint density at radius 2 is 2.18 bits per heavy atom. The van der Waals surface area contributed by atoms with Gasteiger partial charge in [0.15, 0.2) is 0 Å². The quantitative estimate of drug-likeness (QED) is 0.880. The zero-order chi connectivity index (χ0) is 11.9. The van der Waals surface area contributed by atoms with E-state index < -0.39 is 11.4 Å². The predicted octanol–water partition coefficient (Wildman–Crippen LogP) is 2.29. The van der Waals surface area contributed by atoms with Crippen LogP contribution in [0.5, 0.6) is 0 Å². The van der Waals surface area contributed by atoms with Crippen LogP contribution in [0.3, 0.4) is 0 Å². The molecule has 2 aromatic rings. The number of carboxylic acids is 1. The van der Waals surface area contributed by atoms with Gasteiger partial charge in [0, 0.05) is 5.39 Å². The Morgan fingerprint density at radius 1 is 1.41 bits per heavy atom. The van der Waals surface area contributed by atoms with E-state index in [9.17, 15) is 9.90 Å². The lowest BCUT2D eigenvalue weighted by atomic mass is 9.69. The fourth-order valence-electron chi connectivity index (χ4n) is 2.48. The number of carboxylic acid groups (broad SMARTS) is 1. The average Bonchev–Trinajstić information content (AvgIpc) is 2.66. The third-order valence-electron chi connectivity index (χ3n) is 3.77. The first-order valence-electron chi connectivity index (χ1n) is 5.85. The summed E-state index contributed by atoms with van der Waals surface area (Å²) in [5.41, 5.74) is 0.425. The fourth-order valence-corrected chi connectivity index (χ4v) is 2.48. The van der Waals surface area contributed by atoms with Gasteiger partial charge < -0.3 is 5.11 Å². The Morgan fingerprint density at radius 3 is 2.82 bits per heavy atom. The van der Waals surface area contributed by atoms with Gasteiger partial charge in [0.05, 0.1) is 23.7 Å². The normalized spacial score (nSPS) is 17.9. The van der Waals surface area contributed by atoms with Crippen molar-refractivity contribution in [2.24, 2.45) is 5.41 Å². The number of aliphatic carboxylic acids is 1. The minimum Gasteiger partial charge on any atom is -0.481 e. The summed E-state index contributed by atoms with van der Waals surface area (Å²) in [6.45, 7) is 0.482. The Kier molecular flexibility index (Phi) is 2.18. The largest absolute Gasteiger partial charge is 0.481 e. The lowest BCUT2D eigenvalue weighted by Gasteiger charge is -2.37. The highest BCUT2D eigenvalue weighted by Gasteiger charge is 2.45. The molecule has 1 saturated carbocycles. The van der Waals surface area contributed by atoms with Crippen LogP contribution in [0.25, 0.3) is 10.9 Å². The third kappa shape index (κ3) is 1.52. The first kappa shape index (κ1) is 10.3. The highest BCUT2D eigenvalue weighted by molar-refractivity contribution is 5.79.